The minimum absolute atomic E-state index is 0.00815. The fourth-order valence-corrected chi connectivity index (χ4v) is 2.19. The third-order valence-electron chi connectivity index (χ3n) is 2.94. The van der Waals surface area contributed by atoms with Gasteiger partial charge in [-0.25, -0.2) is 5.43 Å². The van der Waals surface area contributed by atoms with Crippen LogP contribution < -0.4 is 5.43 Å². The maximum atomic E-state index is 12.0. The molecule has 22 heavy (non-hydrogen) atoms. The fourth-order valence-electron chi connectivity index (χ4n) is 1.73. The summed E-state index contributed by atoms with van der Waals surface area (Å²) in [6, 6.07) is 13.0. The van der Waals surface area contributed by atoms with Gasteiger partial charge in [-0.05, 0) is 52.7 Å². The van der Waals surface area contributed by atoms with Crippen LogP contribution in [0.15, 0.2) is 58.1 Å². The number of nitrogens with one attached hydrogen (secondary N) is 1. The summed E-state index contributed by atoms with van der Waals surface area (Å²) in [5, 5.41) is 14.6. The lowest BCUT2D eigenvalue weighted by molar-refractivity contribution is -0.384. The van der Waals surface area contributed by atoms with E-state index in [2.05, 4.69) is 26.5 Å². The van der Waals surface area contributed by atoms with Gasteiger partial charge in [-0.2, -0.15) is 5.10 Å². The summed E-state index contributed by atoms with van der Waals surface area (Å²) in [7, 11) is 0. The predicted octanol–water partition coefficient (Wildman–Crippen LogP) is 3.51. The number of nitro groups is 1. The molecule has 7 heteroatoms. The topological polar surface area (TPSA) is 84.6 Å². The van der Waals surface area contributed by atoms with Crippen LogP contribution in [-0.2, 0) is 0 Å². The van der Waals surface area contributed by atoms with Crippen LogP contribution in [0.5, 0.6) is 0 Å². The highest BCUT2D eigenvalue weighted by Gasteiger charge is 2.09. The molecule has 0 saturated carbocycles. The molecule has 1 amide bonds. The molecule has 0 spiro atoms. The Morgan fingerprint density at radius 1 is 1.18 bits per heavy atom. The Morgan fingerprint density at radius 2 is 1.82 bits per heavy atom. The van der Waals surface area contributed by atoms with E-state index in [-0.39, 0.29) is 11.6 Å². The highest BCUT2D eigenvalue weighted by molar-refractivity contribution is 9.10. The summed E-state index contributed by atoms with van der Waals surface area (Å²) in [6.07, 6.45) is 0. The van der Waals surface area contributed by atoms with Crippen molar-refractivity contribution in [1.29, 1.82) is 0 Å². The summed E-state index contributed by atoms with van der Waals surface area (Å²) in [4.78, 5) is 22.1. The lowest BCUT2D eigenvalue weighted by Crippen LogP contribution is -2.19. The molecular formula is C15H12BrN3O3. The van der Waals surface area contributed by atoms with E-state index < -0.39 is 4.92 Å². The van der Waals surface area contributed by atoms with Crippen molar-refractivity contribution < 1.29 is 9.72 Å². The molecule has 0 aromatic heterocycles. The van der Waals surface area contributed by atoms with Crippen molar-refractivity contribution in [1.82, 2.24) is 5.43 Å². The third-order valence-corrected chi connectivity index (χ3v) is 3.63. The van der Waals surface area contributed by atoms with Gasteiger partial charge in [-0.3, -0.25) is 14.9 Å². The molecule has 0 heterocycles. The predicted molar refractivity (Wildman–Crippen MR) is 86.9 cm³/mol. The Labute approximate surface area is 135 Å². The van der Waals surface area contributed by atoms with Crippen molar-refractivity contribution >= 4 is 33.2 Å². The van der Waals surface area contributed by atoms with Crippen LogP contribution in [0.2, 0.25) is 0 Å². The van der Waals surface area contributed by atoms with Crippen molar-refractivity contribution in [2.75, 3.05) is 0 Å². The van der Waals surface area contributed by atoms with Crippen molar-refractivity contribution in [2.45, 2.75) is 6.92 Å². The fraction of sp³-hybridized carbons (Fsp3) is 0.0667. The lowest BCUT2D eigenvalue weighted by Gasteiger charge is -2.04. The van der Waals surface area contributed by atoms with E-state index in [4.69, 9.17) is 0 Å². The van der Waals surface area contributed by atoms with Crippen molar-refractivity contribution in [2.24, 2.45) is 5.10 Å². The van der Waals surface area contributed by atoms with E-state index in [1.807, 2.05) is 6.07 Å². The van der Waals surface area contributed by atoms with Crippen LogP contribution in [0.25, 0.3) is 0 Å². The molecule has 0 unspecified atom stereocenters. The summed E-state index contributed by atoms with van der Waals surface area (Å²) in [5.41, 5.74) is 4.19. The van der Waals surface area contributed by atoms with E-state index in [0.717, 1.165) is 0 Å². The van der Waals surface area contributed by atoms with Gasteiger partial charge in [-0.1, -0.05) is 12.1 Å². The molecule has 6 nitrogen and oxygen atoms in total. The number of hydrogen-bond acceptors (Lipinski definition) is 4. The Kier molecular flexibility index (Phi) is 5.00. The SMILES string of the molecule is C/C(=N\NC(=O)c1ccccc1Br)c1ccc([N+](=O)[O-])cc1. The first kappa shape index (κ1) is 15.8. The normalized spacial score (nSPS) is 11.1. The number of hydrazone groups is 1. The average molecular weight is 362 g/mol. The average Bonchev–Trinajstić information content (AvgIpc) is 2.52. The number of nitro benzene ring substituents is 1. The quantitative estimate of drug-likeness (QED) is 0.513. The maximum Gasteiger partial charge on any atom is 0.272 e. The van der Waals surface area contributed by atoms with E-state index in [1.54, 1.807) is 37.3 Å². The minimum atomic E-state index is -0.467. The zero-order valence-electron chi connectivity index (χ0n) is 11.6. The van der Waals surface area contributed by atoms with Gasteiger partial charge >= 0.3 is 0 Å². The number of rotatable bonds is 4. The smallest absolute Gasteiger partial charge is 0.267 e. The number of carbonyl (C=O) groups excluding carboxylic acids is 1. The number of benzene rings is 2. The zero-order valence-corrected chi connectivity index (χ0v) is 13.2. The second-order valence-electron chi connectivity index (χ2n) is 4.42. The largest absolute Gasteiger partial charge is 0.272 e. The minimum Gasteiger partial charge on any atom is -0.267 e. The van der Waals surface area contributed by atoms with Gasteiger partial charge in [0.1, 0.15) is 0 Å². The molecule has 1 N–H and O–H groups in total. The van der Waals surface area contributed by atoms with Crippen LogP contribution in [0.4, 0.5) is 5.69 Å². The second-order valence-corrected chi connectivity index (χ2v) is 5.28. The summed E-state index contributed by atoms with van der Waals surface area (Å²) < 4.78 is 0.677. The molecule has 0 fully saturated rings. The maximum absolute atomic E-state index is 12.0. The number of hydrogen-bond donors (Lipinski definition) is 1. The van der Waals surface area contributed by atoms with Crippen LogP contribution >= 0.6 is 15.9 Å². The number of non-ortho nitro benzene ring substituents is 1. The van der Waals surface area contributed by atoms with E-state index >= 15 is 0 Å². The molecule has 0 bridgehead atoms. The molecule has 0 atom stereocenters. The van der Waals surface area contributed by atoms with Crippen LogP contribution in [-0.4, -0.2) is 16.5 Å². The van der Waals surface area contributed by atoms with Gasteiger partial charge in [0.25, 0.3) is 11.6 Å². The summed E-state index contributed by atoms with van der Waals surface area (Å²) >= 11 is 3.30. The van der Waals surface area contributed by atoms with Gasteiger partial charge in [0.05, 0.1) is 16.2 Å². The standard InChI is InChI=1S/C15H12BrN3O3/c1-10(11-6-8-12(9-7-11)19(21)22)17-18-15(20)13-4-2-3-5-14(13)16/h2-9H,1H3,(H,18,20)/b17-10+. The van der Waals surface area contributed by atoms with Crippen molar-refractivity contribution in [3.63, 3.8) is 0 Å². The Hall–Kier alpha value is -2.54. The molecule has 2 rings (SSSR count). The molecule has 0 saturated heterocycles. The molecule has 0 aliphatic heterocycles. The zero-order chi connectivity index (χ0) is 16.1. The molecule has 2 aromatic carbocycles. The first-order valence-electron chi connectivity index (χ1n) is 6.33. The highest BCUT2D eigenvalue weighted by Crippen LogP contribution is 2.16. The Morgan fingerprint density at radius 3 is 2.41 bits per heavy atom. The van der Waals surface area contributed by atoms with Crippen LogP contribution in [0.1, 0.15) is 22.8 Å². The molecular weight excluding hydrogens is 350 g/mol. The Balaban J connectivity index is 2.11. The highest BCUT2D eigenvalue weighted by atomic mass is 79.9. The third kappa shape index (κ3) is 3.76. The summed E-state index contributed by atoms with van der Waals surface area (Å²) in [6.45, 7) is 1.71. The van der Waals surface area contributed by atoms with Crippen molar-refractivity contribution in [3.8, 4) is 0 Å². The number of carbonyl (C=O) groups is 1. The second kappa shape index (κ2) is 6.95. The van der Waals surface area contributed by atoms with E-state index in [0.29, 0.717) is 21.3 Å². The molecule has 0 radical (unpaired) electrons. The molecule has 2 aromatic rings. The van der Waals surface area contributed by atoms with Crippen molar-refractivity contribution in [3.05, 3.63) is 74.2 Å². The lowest BCUT2D eigenvalue weighted by atomic mass is 10.1. The van der Waals surface area contributed by atoms with Gasteiger partial charge in [-0.15, -0.1) is 0 Å². The molecule has 0 aliphatic rings. The molecule has 112 valence electrons. The van der Waals surface area contributed by atoms with Crippen LogP contribution in [0, 0.1) is 10.1 Å². The van der Waals surface area contributed by atoms with Gasteiger partial charge in [0.15, 0.2) is 0 Å². The number of halogens is 1. The first-order chi connectivity index (χ1) is 10.5. The van der Waals surface area contributed by atoms with Crippen LogP contribution in [0.3, 0.4) is 0 Å². The summed E-state index contributed by atoms with van der Waals surface area (Å²) in [5.74, 6) is -0.339. The van der Waals surface area contributed by atoms with E-state index in [1.165, 1.54) is 12.1 Å². The number of nitrogens with zero attached hydrogens (tertiary/aromatic N) is 2. The first-order valence-corrected chi connectivity index (χ1v) is 7.12. The number of amides is 1. The van der Waals surface area contributed by atoms with E-state index in [9.17, 15) is 14.9 Å². The van der Waals surface area contributed by atoms with Gasteiger partial charge in [0.2, 0.25) is 0 Å². The van der Waals surface area contributed by atoms with Gasteiger partial charge in [0, 0.05) is 16.6 Å². The Bertz CT molecular complexity index is 742. The molecule has 0 aliphatic carbocycles. The monoisotopic (exact) mass is 361 g/mol. The van der Waals surface area contributed by atoms with Gasteiger partial charge < -0.3 is 0 Å².